The molecule has 122 valence electrons. The van der Waals surface area contributed by atoms with Gasteiger partial charge in [-0.2, -0.15) is 0 Å². The number of ether oxygens (including phenoxy) is 1. The van der Waals surface area contributed by atoms with Crippen molar-refractivity contribution in [3.05, 3.63) is 54.1 Å². The third kappa shape index (κ3) is 3.60. The monoisotopic (exact) mass is 315 g/mol. The van der Waals surface area contributed by atoms with Gasteiger partial charge in [0.1, 0.15) is 11.9 Å². The van der Waals surface area contributed by atoms with Gasteiger partial charge in [0.25, 0.3) is 0 Å². The Bertz CT molecular complexity index is 656. The molecule has 2 aromatic rings. The van der Waals surface area contributed by atoms with E-state index in [0.717, 1.165) is 12.4 Å². The first-order valence-corrected chi connectivity index (χ1v) is 7.71. The summed E-state index contributed by atoms with van der Waals surface area (Å²) in [6.07, 6.45) is 3.60. The third-order valence-electron chi connectivity index (χ3n) is 4.20. The average molecular weight is 315 g/mol. The van der Waals surface area contributed by atoms with Crippen LogP contribution in [0.25, 0.3) is 0 Å². The molecule has 6 nitrogen and oxygen atoms in total. The highest BCUT2D eigenvalue weighted by Crippen LogP contribution is 2.21. The van der Waals surface area contributed by atoms with Crippen molar-refractivity contribution in [3.8, 4) is 0 Å². The highest BCUT2D eigenvalue weighted by atomic mass is 16.5. The van der Waals surface area contributed by atoms with Crippen molar-refractivity contribution in [1.82, 2.24) is 14.5 Å². The number of hydrogen-bond acceptors (Lipinski definition) is 5. The summed E-state index contributed by atoms with van der Waals surface area (Å²) in [6.45, 7) is 1.70. The molecule has 1 N–H and O–H groups in total. The lowest BCUT2D eigenvalue weighted by Crippen LogP contribution is -2.37. The zero-order valence-electron chi connectivity index (χ0n) is 13.1. The molecule has 2 heterocycles. The molecule has 1 aliphatic rings. The smallest absolute Gasteiger partial charge is 0.323 e. The Morgan fingerprint density at radius 1 is 1.35 bits per heavy atom. The molecule has 0 amide bonds. The fraction of sp³-hybridized carbons (Fsp3) is 0.412. The summed E-state index contributed by atoms with van der Waals surface area (Å²) < 4.78 is 6.90. The first kappa shape index (κ1) is 15.7. The summed E-state index contributed by atoms with van der Waals surface area (Å²) >= 11 is 0. The summed E-state index contributed by atoms with van der Waals surface area (Å²) in [5, 5.41) is 9.87. The molecule has 0 spiro atoms. The Labute approximate surface area is 135 Å². The topological polar surface area (TPSA) is 67.6 Å². The van der Waals surface area contributed by atoms with Gasteiger partial charge in [0.05, 0.1) is 19.8 Å². The molecular weight excluding hydrogens is 294 g/mol. The number of aromatic nitrogens is 2. The van der Waals surface area contributed by atoms with Crippen LogP contribution >= 0.6 is 0 Å². The van der Waals surface area contributed by atoms with E-state index < -0.39 is 12.1 Å². The van der Waals surface area contributed by atoms with E-state index in [0.29, 0.717) is 19.5 Å². The number of carbonyl (C=O) groups is 1. The zero-order chi connectivity index (χ0) is 16.2. The minimum atomic E-state index is -0.503. The molecule has 0 bridgehead atoms. The van der Waals surface area contributed by atoms with Gasteiger partial charge in [-0.05, 0) is 5.56 Å². The van der Waals surface area contributed by atoms with Crippen molar-refractivity contribution in [1.29, 1.82) is 0 Å². The summed E-state index contributed by atoms with van der Waals surface area (Å²) in [6, 6.07) is 9.75. The van der Waals surface area contributed by atoms with Gasteiger partial charge in [0, 0.05) is 31.9 Å². The van der Waals surface area contributed by atoms with Gasteiger partial charge < -0.3 is 14.4 Å². The predicted octanol–water partition coefficient (Wildman–Crippen LogP) is 1.04. The number of nitrogens with zero attached hydrogens (tertiary/aromatic N) is 3. The molecule has 0 radical (unpaired) electrons. The van der Waals surface area contributed by atoms with E-state index in [1.165, 1.54) is 12.7 Å². The Kier molecular flexibility index (Phi) is 4.73. The van der Waals surface area contributed by atoms with Crippen LogP contribution in [-0.4, -0.2) is 51.3 Å². The first-order chi connectivity index (χ1) is 11.2. The number of hydrogen-bond donors (Lipinski definition) is 1. The average Bonchev–Trinajstić information content (AvgIpc) is 3.15. The van der Waals surface area contributed by atoms with E-state index in [1.54, 1.807) is 6.20 Å². The Morgan fingerprint density at radius 2 is 2.13 bits per heavy atom. The van der Waals surface area contributed by atoms with Crippen LogP contribution in [0, 0.1) is 0 Å². The Balaban J connectivity index is 1.73. The van der Waals surface area contributed by atoms with Crippen molar-refractivity contribution in [2.45, 2.75) is 31.7 Å². The van der Waals surface area contributed by atoms with Crippen LogP contribution < -0.4 is 0 Å². The van der Waals surface area contributed by atoms with Crippen molar-refractivity contribution in [2.75, 3.05) is 13.7 Å². The third-order valence-corrected chi connectivity index (χ3v) is 4.20. The van der Waals surface area contributed by atoms with Gasteiger partial charge >= 0.3 is 5.97 Å². The molecule has 23 heavy (non-hydrogen) atoms. The Hall–Kier alpha value is -2.18. The quantitative estimate of drug-likeness (QED) is 0.835. The van der Waals surface area contributed by atoms with Crippen LogP contribution in [0.1, 0.15) is 17.8 Å². The fourth-order valence-corrected chi connectivity index (χ4v) is 3.03. The summed E-state index contributed by atoms with van der Waals surface area (Å²) in [4.78, 5) is 18.2. The van der Waals surface area contributed by atoms with Gasteiger partial charge in [-0.25, -0.2) is 4.98 Å². The second-order valence-corrected chi connectivity index (χ2v) is 5.81. The van der Waals surface area contributed by atoms with Crippen molar-refractivity contribution >= 4 is 5.97 Å². The second-order valence-electron chi connectivity index (χ2n) is 5.81. The number of esters is 1. The molecule has 3 rings (SSSR count). The van der Waals surface area contributed by atoms with Crippen LogP contribution in [0.15, 0.2) is 42.7 Å². The lowest BCUT2D eigenvalue weighted by molar-refractivity contribution is -0.146. The number of aliphatic hydroxyl groups is 1. The minimum absolute atomic E-state index is 0.303. The van der Waals surface area contributed by atoms with E-state index in [-0.39, 0.29) is 5.97 Å². The van der Waals surface area contributed by atoms with Crippen LogP contribution in [0.4, 0.5) is 0 Å². The Morgan fingerprint density at radius 3 is 2.87 bits per heavy atom. The van der Waals surface area contributed by atoms with Gasteiger partial charge in [-0.1, -0.05) is 30.3 Å². The van der Waals surface area contributed by atoms with E-state index in [2.05, 4.69) is 21.7 Å². The molecule has 0 aliphatic carbocycles. The number of aliphatic hydroxyl groups excluding tert-OH is 1. The van der Waals surface area contributed by atoms with Crippen LogP contribution in [0.5, 0.6) is 0 Å². The summed E-state index contributed by atoms with van der Waals surface area (Å²) in [7, 11) is 1.38. The van der Waals surface area contributed by atoms with Gasteiger partial charge in [-0.15, -0.1) is 0 Å². The van der Waals surface area contributed by atoms with Crippen molar-refractivity contribution in [2.24, 2.45) is 0 Å². The maximum Gasteiger partial charge on any atom is 0.323 e. The normalized spacial score (nSPS) is 21.5. The maximum atomic E-state index is 11.9. The molecule has 1 aromatic carbocycles. The molecule has 2 unspecified atom stereocenters. The highest BCUT2D eigenvalue weighted by Gasteiger charge is 2.37. The molecule has 1 fully saturated rings. The fourth-order valence-electron chi connectivity index (χ4n) is 3.03. The molecule has 2 atom stereocenters. The molecule has 1 aliphatic heterocycles. The predicted molar refractivity (Wildman–Crippen MR) is 84.6 cm³/mol. The van der Waals surface area contributed by atoms with Crippen LogP contribution in [0.2, 0.25) is 0 Å². The standard InChI is InChI=1S/C17H21N3O3/c1-23-17(22)15-9-14(21)11-20(15)12-16-18-7-8-19(16)10-13-5-3-2-4-6-13/h2-8,14-15,21H,9-12H2,1H3. The van der Waals surface area contributed by atoms with E-state index >= 15 is 0 Å². The van der Waals surface area contributed by atoms with Crippen LogP contribution in [-0.2, 0) is 22.6 Å². The second kappa shape index (κ2) is 6.93. The van der Waals surface area contributed by atoms with Crippen molar-refractivity contribution < 1.29 is 14.6 Å². The SMILES string of the molecule is COC(=O)C1CC(O)CN1Cc1nccn1Cc1ccccc1. The molecule has 1 aromatic heterocycles. The van der Waals surface area contributed by atoms with Crippen molar-refractivity contribution in [3.63, 3.8) is 0 Å². The number of likely N-dealkylation sites (tertiary alicyclic amines) is 1. The maximum absolute atomic E-state index is 11.9. The van der Waals surface area contributed by atoms with E-state index in [4.69, 9.17) is 4.74 Å². The van der Waals surface area contributed by atoms with Gasteiger partial charge in [-0.3, -0.25) is 9.69 Å². The zero-order valence-corrected chi connectivity index (χ0v) is 13.1. The lowest BCUT2D eigenvalue weighted by atomic mass is 10.2. The number of carbonyl (C=O) groups excluding carboxylic acids is 1. The van der Waals surface area contributed by atoms with Gasteiger partial charge in [0.15, 0.2) is 0 Å². The molecule has 1 saturated heterocycles. The van der Waals surface area contributed by atoms with Gasteiger partial charge in [0.2, 0.25) is 0 Å². The number of rotatable bonds is 5. The number of benzene rings is 1. The van der Waals surface area contributed by atoms with E-state index in [1.807, 2.05) is 29.3 Å². The largest absolute Gasteiger partial charge is 0.468 e. The number of imidazole rings is 1. The van der Waals surface area contributed by atoms with E-state index in [9.17, 15) is 9.90 Å². The molecular formula is C17H21N3O3. The number of β-amino-alcohol motifs (C(OH)–C–C–N with tert-alkyl or cyclic N) is 1. The molecule has 0 saturated carbocycles. The summed E-state index contributed by atoms with van der Waals surface area (Å²) in [5.41, 5.74) is 1.19. The molecule has 6 heteroatoms. The van der Waals surface area contributed by atoms with Crippen LogP contribution in [0.3, 0.4) is 0 Å². The summed E-state index contributed by atoms with van der Waals surface area (Å²) in [5.74, 6) is 0.569. The highest BCUT2D eigenvalue weighted by molar-refractivity contribution is 5.76. The number of methoxy groups -OCH3 is 1. The first-order valence-electron chi connectivity index (χ1n) is 7.71. The minimum Gasteiger partial charge on any atom is -0.468 e. The lowest BCUT2D eigenvalue weighted by Gasteiger charge is -2.22.